The van der Waals surface area contributed by atoms with Gasteiger partial charge in [0, 0.05) is 18.9 Å². The minimum Gasteiger partial charge on any atom is -0.459 e. The number of nitrogens with zero attached hydrogens (tertiary/aromatic N) is 2. The Morgan fingerprint density at radius 1 is 1.31 bits per heavy atom. The normalized spacial score (nSPS) is 19.2. The van der Waals surface area contributed by atoms with E-state index in [4.69, 9.17) is 4.74 Å². The second-order valence-electron chi connectivity index (χ2n) is 3.63. The van der Waals surface area contributed by atoms with Crippen LogP contribution in [-0.2, 0) is 0 Å². The maximum absolute atomic E-state index is 5.63. The first kappa shape index (κ1) is 15.4. The van der Waals surface area contributed by atoms with E-state index in [1.165, 1.54) is 0 Å². The van der Waals surface area contributed by atoms with Gasteiger partial charge in [-0.05, 0) is 31.9 Å². The van der Waals surface area contributed by atoms with Crippen LogP contribution in [0.4, 0.5) is 0 Å². The molecule has 2 heterocycles. The highest BCUT2D eigenvalue weighted by atomic mass is 35.5. The molecular formula is C10H17Cl2N3O. The van der Waals surface area contributed by atoms with Gasteiger partial charge in [0.2, 0.25) is 0 Å². The van der Waals surface area contributed by atoms with E-state index in [1.54, 1.807) is 12.4 Å². The molecule has 0 radical (unpaired) electrons. The molecule has 6 heteroatoms. The maximum Gasteiger partial charge on any atom is 0.316 e. The highest BCUT2D eigenvalue weighted by molar-refractivity contribution is 5.85. The van der Waals surface area contributed by atoms with Crippen molar-refractivity contribution in [3.63, 3.8) is 0 Å². The molecule has 1 fully saturated rings. The molecule has 1 saturated heterocycles. The number of halogens is 2. The van der Waals surface area contributed by atoms with Crippen LogP contribution in [-0.4, -0.2) is 29.2 Å². The Hall–Kier alpha value is -0.580. The Morgan fingerprint density at radius 2 is 2.00 bits per heavy atom. The summed E-state index contributed by atoms with van der Waals surface area (Å²) in [4.78, 5) is 8.22. The van der Waals surface area contributed by atoms with Gasteiger partial charge in [0.1, 0.15) is 6.10 Å². The van der Waals surface area contributed by atoms with Gasteiger partial charge in [-0.3, -0.25) is 0 Å². The third-order valence-electron chi connectivity index (χ3n) is 2.28. The predicted octanol–water partition coefficient (Wildman–Crippen LogP) is 1.76. The number of piperidine rings is 1. The number of hydrogen-bond acceptors (Lipinski definition) is 4. The molecule has 0 amide bonds. The van der Waals surface area contributed by atoms with E-state index in [0.29, 0.717) is 6.01 Å². The lowest BCUT2D eigenvalue weighted by atomic mass is 10.1. The van der Waals surface area contributed by atoms with Gasteiger partial charge in [0.15, 0.2) is 0 Å². The standard InChI is InChI=1S/C10H15N3O.2ClH/c1-8-5-12-10(13-6-8)14-9-3-2-4-11-7-9;;/h5-6,9,11H,2-4,7H2,1H3;2*1H. The zero-order chi connectivity index (χ0) is 9.80. The Kier molecular flexibility index (Phi) is 7.38. The summed E-state index contributed by atoms with van der Waals surface area (Å²) in [5.74, 6) is 0. The zero-order valence-corrected chi connectivity index (χ0v) is 10.8. The molecule has 0 aromatic carbocycles. The van der Waals surface area contributed by atoms with Gasteiger partial charge < -0.3 is 10.1 Å². The van der Waals surface area contributed by atoms with E-state index < -0.39 is 0 Å². The maximum atomic E-state index is 5.63. The van der Waals surface area contributed by atoms with Crippen LogP contribution in [0.25, 0.3) is 0 Å². The summed E-state index contributed by atoms with van der Waals surface area (Å²) in [6.45, 7) is 3.96. The van der Waals surface area contributed by atoms with E-state index in [9.17, 15) is 0 Å². The molecule has 1 aromatic heterocycles. The Labute approximate surface area is 108 Å². The van der Waals surface area contributed by atoms with Crippen LogP contribution in [0, 0.1) is 6.92 Å². The average molecular weight is 266 g/mol. The van der Waals surface area contributed by atoms with Crippen molar-refractivity contribution >= 4 is 24.8 Å². The van der Waals surface area contributed by atoms with Crippen molar-refractivity contribution in [3.05, 3.63) is 18.0 Å². The third kappa shape index (κ3) is 4.51. The molecule has 16 heavy (non-hydrogen) atoms. The van der Waals surface area contributed by atoms with Crippen LogP contribution in [0.5, 0.6) is 6.01 Å². The number of nitrogens with one attached hydrogen (secondary N) is 1. The molecule has 1 unspecified atom stereocenters. The zero-order valence-electron chi connectivity index (χ0n) is 9.18. The molecule has 1 N–H and O–H groups in total. The summed E-state index contributed by atoms with van der Waals surface area (Å²) in [6, 6.07) is 0.490. The molecule has 2 rings (SSSR count). The van der Waals surface area contributed by atoms with Gasteiger partial charge in [0.05, 0.1) is 0 Å². The van der Waals surface area contributed by atoms with Crippen molar-refractivity contribution in [1.82, 2.24) is 15.3 Å². The Balaban J connectivity index is 0.00000112. The summed E-state index contributed by atoms with van der Waals surface area (Å²) in [5.41, 5.74) is 1.05. The minimum absolute atomic E-state index is 0. The molecule has 4 nitrogen and oxygen atoms in total. The second kappa shape index (κ2) is 7.65. The fourth-order valence-corrected chi connectivity index (χ4v) is 1.51. The molecule has 0 bridgehead atoms. The first-order chi connectivity index (χ1) is 6.84. The van der Waals surface area contributed by atoms with Gasteiger partial charge in [-0.15, -0.1) is 24.8 Å². The summed E-state index contributed by atoms with van der Waals surface area (Å²) >= 11 is 0. The molecule has 1 aliphatic rings. The molecule has 1 aliphatic heterocycles. The summed E-state index contributed by atoms with van der Waals surface area (Å²) in [7, 11) is 0. The molecule has 0 aliphatic carbocycles. The fourth-order valence-electron chi connectivity index (χ4n) is 1.51. The van der Waals surface area contributed by atoms with E-state index >= 15 is 0 Å². The predicted molar refractivity (Wildman–Crippen MR) is 67.8 cm³/mol. The average Bonchev–Trinajstić information content (AvgIpc) is 2.23. The van der Waals surface area contributed by atoms with Crippen LogP contribution in [0.1, 0.15) is 18.4 Å². The van der Waals surface area contributed by atoms with Crippen molar-refractivity contribution in [2.24, 2.45) is 0 Å². The van der Waals surface area contributed by atoms with Crippen molar-refractivity contribution < 1.29 is 4.74 Å². The minimum atomic E-state index is 0. The summed E-state index contributed by atoms with van der Waals surface area (Å²) < 4.78 is 5.63. The second-order valence-corrected chi connectivity index (χ2v) is 3.63. The monoisotopic (exact) mass is 265 g/mol. The summed E-state index contributed by atoms with van der Waals surface area (Å²) in [6.07, 6.45) is 6.03. The Morgan fingerprint density at radius 3 is 2.56 bits per heavy atom. The van der Waals surface area contributed by atoms with Crippen molar-refractivity contribution in [2.45, 2.75) is 25.9 Å². The smallest absolute Gasteiger partial charge is 0.316 e. The molecule has 0 spiro atoms. The third-order valence-corrected chi connectivity index (χ3v) is 2.28. The number of rotatable bonds is 2. The van der Waals surface area contributed by atoms with Crippen LogP contribution in [0.15, 0.2) is 12.4 Å². The number of aromatic nitrogens is 2. The van der Waals surface area contributed by atoms with Crippen molar-refractivity contribution in [1.29, 1.82) is 0 Å². The largest absolute Gasteiger partial charge is 0.459 e. The van der Waals surface area contributed by atoms with E-state index in [1.807, 2.05) is 6.92 Å². The van der Waals surface area contributed by atoms with E-state index in [-0.39, 0.29) is 30.9 Å². The van der Waals surface area contributed by atoms with Gasteiger partial charge in [-0.25, -0.2) is 9.97 Å². The lowest BCUT2D eigenvalue weighted by Crippen LogP contribution is -2.37. The van der Waals surface area contributed by atoms with Crippen molar-refractivity contribution in [2.75, 3.05) is 13.1 Å². The van der Waals surface area contributed by atoms with Crippen LogP contribution in [0.3, 0.4) is 0 Å². The van der Waals surface area contributed by atoms with Gasteiger partial charge >= 0.3 is 6.01 Å². The van der Waals surface area contributed by atoms with E-state index in [2.05, 4.69) is 15.3 Å². The first-order valence-electron chi connectivity index (χ1n) is 5.00. The van der Waals surface area contributed by atoms with Crippen LogP contribution < -0.4 is 10.1 Å². The number of hydrogen-bond donors (Lipinski definition) is 1. The lowest BCUT2D eigenvalue weighted by Gasteiger charge is -2.22. The van der Waals surface area contributed by atoms with Gasteiger partial charge in [-0.2, -0.15) is 0 Å². The quantitative estimate of drug-likeness (QED) is 0.886. The van der Waals surface area contributed by atoms with Crippen LogP contribution in [0.2, 0.25) is 0 Å². The highest BCUT2D eigenvalue weighted by Gasteiger charge is 2.15. The van der Waals surface area contributed by atoms with Gasteiger partial charge in [0.25, 0.3) is 0 Å². The molecular weight excluding hydrogens is 249 g/mol. The van der Waals surface area contributed by atoms with Gasteiger partial charge in [-0.1, -0.05) is 0 Å². The molecule has 92 valence electrons. The lowest BCUT2D eigenvalue weighted by molar-refractivity contribution is 0.153. The highest BCUT2D eigenvalue weighted by Crippen LogP contribution is 2.09. The molecule has 1 aromatic rings. The number of ether oxygens (including phenoxy) is 1. The molecule has 1 atom stereocenters. The van der Waals surface area contributed by atoms with E-state index in [0.717, 1.165) is 31.5 Å². The summed E-state index contributed by atoms with van der Waals surface area (Å²) in [5, 5.41) is 3.29. The van der Waals surface area contributed by atoms with Crippen LogP contribution >= 0.6 is 24.8 Å². The Bertz CT molecular complexity index is 289. The first-order valence-corrected chi connectivity index (χ1v) is 5.00. The fraction of sp³-hybridized carbons (Fsp3) is 0.600. The topological polar surface area (TPSA) is 47.0 Å². The van der Waals surface area contributed by atoms with Crippen molar-refractivity contribution in [3.8, 4) is 6.01 Å². The number of aryl methyl sites for hydroxylation is 1. The molecule has 0 saturated carbocycles. The SMILES string of the molecule is Cc1cnc(OC2CCCNC2)nc1.Cl.Cl.